The maximum atomic E-state index is 12.8. The third-order valence-electron chi connectivity index (χ3n) is 4.03. The highest BCUT2D eigenvalue weighted by molar-refractivity contribution is 6.34. The van der Waals surface area contributed by atoms with Gasteiger partial charge in [0.1, 0.15) is 11.2 Å². The van der Waals surface area contributed by atoms with Crippen LogP contribution in [-0.2, 0) is 15.8 Å². The van der Waals surface area contributed by atoms with Crippen LogP contribution in [0.2, 0.25) is 5.02 Å². The Morgan fingerprint density at radius 2 is 1.85 bits per heavy atom. The first-order chi connectivity index (χ1) is 12.1. The van der Waals surface area contributed by atoms with Crippen LogP contribution in [0, 0.1) is 12.3 Å². The predicted octanol–water partition coefficient (Wildman–Crippen LogP) is 4.01. The molecule has 3 rings (SSSR count). The number of aromatic nitrogens is 1. The summed E-state index contributed by atoms with van der Waals surface area (Å²) >= 11 is 5.87. The number of carbonyl (C=O) groups excluding carboxylic acids is 2. The van der Waals surface area contributed by atoms with Gasteiger partial charge in [-0.05, 0) is 38.0 Å². The van der Waals surface area contributed by atoms with E-state index in [4.69, 9.17) is 16.1 Å². The molecule has 1 aliphatic rings. The Kier molecular flexibility index (Phi) is 4.43. The van der Waals surface area contributed by atoms with Gasteiger partial charge in [0, 0.05) is 6.07 Å². The average Bonchev–Trinajstić information content (AvgIpc) is 3.27. The summed E-state index contributed by atoms with van der Waals surface area (Å²) in [5, 5.41) is 8.33. The standard InChI is InChI=1S/C16H13ClF3N3O3/c1-8-6-12(23-26-8)22-14(25)15(4-5-15)13(24)21-11-7-9(16(18,19)20)2-3-10(11)17/h2-3,6-7H,4-5H2,1H3,(H,21,24)(H,22,23,25). The molecule has 0 aliphatic heterocycles. The van der Waals surface area contributed by atoms with E-state index in [9.17, 15) is 22.8 Å². The Balaban J connectivity index is 1.76. The van der Waals surface area contributed by atoms with E-state index >= 15 is 0 Å². The van der Waals surface area contributed by atoms with Crippen molar-refractivity contribution in [2.45, 2.75) is 25.9 Å². The minimum atomic E-state index is -4.58. The van der Waals surface area contributed by atoms with Crippen LogP contribution in [0.3, 0.4) is 0 Å². The number of halogens is 4. The predicted molar refractivity (Wildman–Crippen MR) is 86.6 cm³/mol. The van der Waals surface area contributed by atoms with E-state index in [2.05, 4.69) is 15.8 Å². The van der Waals surface area contributed by atoms with Crippen molar-refractivity contribution in [1.29, 1.82) is 0 Å². The van der Waals surface area contributed by atoms with Gasteiger partial charge in [-0.1, -0.05) is 16.8 Å². The molecule has 1 saturated carbocycles. The molecule has 1 aromatic heterocycles. The maximum Gasteiger partial charge on any atom is 0.416 e. The number of anilines is 2. The zero-order valence-electron chi connectivity index (χ0n) is 13.4. The van der Waals surface area contributed by atoms with Gasteiger partial charge in [-0.25, -0.2) is 0 Å². The fraction of sp³-hybridized carbons (Fsp3) is 0.312. The van der Waals surface area contributed by atoms with E-state index in [1.807, 2.05) is 0 Å². The van der Waals surface area contributed by atoms with Crippen molar-refractivity contribution in [3.8, 4) is 0 Å². The third kappa shape index (κ3) is 3.52. The molecule has 0 bridgehead atoms. The summed E-state index contributed by atoms with van der Waals surface area (Å²) in [4.78, 5) is 24.9. The number of carbonyl (C=O) groups is 2. The molecule has 1 heterocycles. The maximum absolute atomic E-state index is 12.8. The Morgan fingerprint density at radius 3 is 2.38 bits per heavy atom. The van der Waals surface area contributed by atoms with Crippen molar-refractivity contribution < 1.29 is 27.3 Å². The molecule has 2 amide bonds. The number of nitrogens with one attached hydrogen (secondary N) is 2. The number of benzene rings is 1. The van der Waals surface area contributed by atoms with Crippen molar-refractivity contribution in [2.75, 3.05) is 10.6 Å². The van der Waals surface area contributed by atoms with E-state index in [1.165, 1.54) is 6.07 Å². The van der Waals surface area contributed by atoms with E-state index in [1.54, 1.807) is 6.92 Å². The van der Waals surface area contributed by atoms with Crippen LogP contribution in [0.15, 0.2) is 28.8 Å². The Morgan fingerprint density at radius 1 is 1.19 bits per heavy atom. The number of hydrogen-bond donors (Lipinski definition) is 2. The van der Waals surface area contributed by atoms with Gasteiger partial charge in [0.2, 0.25) is 11.8 Å². The molecule has 2 aromatic rings. The fourth-order valence-electron chi connectivity index (χ4n) is 2.38. The van der Waals surface area contributed by atoms with E-state index in [0.717, 1.165) is 18.2 Å². The number of aryl methyl sites for hydroxylation is 1. The molecule has 138 valence electrons. The number of rotatable bonds is 4. The molecule has 10 heteroatoms. The van der Waals surface area contributed by atoms with Gasteiger partial charge < -0.3 is 15.2 Å². The van der Waals surface area contributed by atoms with Crippen LogP contribution < -0.4 is 10.6 Å². The van der Waals surface area contributed by atoms with Crippen LogP contribution in [0.1, 0.15) is 24.2 Å². The second-order valence-corrected chi connectivity index (χ2v) is 6.41. The quantitative estimate of drug-likeness (QED) is 0.776. The van der Waals surface area contributed by atoms with Crippen molar-refractivity contribution in [2.24, 2.45) is 5.41 Å². The van der Waals surface area contributed by atoms with Gasteiger partial charge in [-0.3, -0.25) is 9.59 Å². The van der Waals surface area contributed by atoms with E-state index in [0.29, 0.717) is 5.76 Å². The van der Waals surface area contributed by atoms with Crippen LogP contribution in [-0.4, -0.2) is 17.0 Å². The fourth-order valence-corrected chi connectivity index (χ4v) is 2.55. The smallest absolute Gasteiger partial charge is 0.360 e. The molecular formula is C16H13ClF3N3O3. The van der Waals surface area contributed by atoms with Gasteiger partial charge in [0.05, 0.1) is 16.3 Å². The zero-order chi connectivity index (χ0) is 19.1. The summed E-state index contributed by atoms with van der Waals surface area (Å²) in [6.07, 6.45) is -4.06. The topological polar surface area (TPSA) is 84.2 Å². The summed E-state index contributed by atoms with van der Waals surface area (Å²) < 4.78 is 43.3. The van der Waals surface area contributed by atoms with Crippen molar-refractivity contribution in [3.63, 3.8) is 0 Å². The first kappa shape index (κ1) is 18.2. The van der Waals surface area contributed by atoms with E-state index < -0.39 is 29.0 Å². The highest BCUT2D eigenvalue weighted by Crippen LogP contribution is 2.48. The lowest BCUT2D eigenvalue weighted by Gasteiger charge is -2.16. The molecular weight excluding hydrogens is 375 g/mol. The third-order valence-corrected chi connectivity index (χ3v) is 4.36. The van der Waals surface area contributed by atoms with Gasteiger partial charge in [0.25, 0.3) is 0 Å². The minimum absolute atomic E-state index is 0.0605. The molecule has 1 fully saturated rings. The first-order valence-electron chi connectivity index (χ1n) is 7.55. The summed E-state index contributed by atoms with van der Waals surface area (Å²) in [6.45, 7) is 1.64. The van der Waals surface area contributed by atoms with Crippen LogP contribution in [0.25, 0.3) is 0 Å². The lowest BCUT2D eigenvalue weighted by Crippen LogP contribution is -2.35. The lowest BCUT2D eigenvalue weighted by molar-refractivity contribution is -0.137. The molecule has 0 radical (unpaired) electrons. The Hall–Kier alpha value is -2.55. The monoisotopic (exact) mass is 387 g/mol. The second-order valence-electron chi connectivity index (χ2n) is 6.01. The summed E-state index contributed by atoms with van der Waals surface area (Å²) in [5.41, 5.74) is -2.53. The van der Waals surface area contributed by atoms with Gasteiger partial charge in [-0.2, -0.15) is 13.2 Å². The van der Waals surface area contributed by atoms with Crippen molar-refractivity contribution in [1.82, 2.24) is 5.16 Å². The molecule has 0 spiro atoms. The number of alkyl halides is 3. The zero-order valence-corrected chi connectivity index (χ0v) is 14.2. The normalized spacial score (nSPS) is 15.4. The Labute approximate surface area is 150 Å². The molecule has 0 saturated heterocycles. The summed E-state index contributed by atoms with van der Waals surface area (Å²) in [6, 6.07) is 4.06. The van der Waals surface area contributed by atoms with Crippen LogP contribution in [0.5, 0.6) is 0 Å². The molecule has 6 nitrogen and oxygen atoms in total. The largest absolute Gasteiger partial charge is 0.416 e. The van der Waals surface area contributed by atoms with Gasteiger partial charge >= 0.3 is 6.18 Å². The molecule has 1 aromatic carbocycles. The number of hydrogen-bond acceptors (Lipinski definition) is 4. The Bertz CT molecular complexity index is 875. The van der Waals surface area contributed by atoms with Gasteiger partial charge in [0.15, 0.2) is 5.82 Å². The molecule has 0 atom stereocenters. The van der Waals surface area contributed by atoms with Crippen LogP contribution >= 0.6 is 11.6 Å². The highest BCUT2D eigenvalue weighted by atomic mass is 35.5. The number of amides is 2. The molecule has 0 unspecified atom stereocenters. The minimum Gasteiger partial charge on any atom is -0.360 e. The highest BCUT2D eigenvalue weighted by Gasteiger charge is 2.56. The first-order valence-corrected chi connectivity index (χ1v) is 7.92. The molecule has 26 heavy (non-hydrogen) atoms. The van der Waals surface area contributed by atoms with Gasteiger partial charge in [-0.15, -0.1) is 0 Å². The van der Waals surface area contributed by atoms with E-state index in [-0.39, 0.29) is 29.4 Å². The SMILES string of the molecule is Cc1cc(NC(=O)C2(C(=O)Nc3cc(C(F)(F)F)ccc3Cl)CC2)no1. The molecule has 2 N–H and O–H groups in total. The average molecular weight is 388 g/mol. The molecule has 1 aliphatic carbocycles. The second kappa shape index (κ2) is 6.31. The number of nitrogens with zero attached hydrogens (tertiary/aromatic N) is 1. The summed E-state index contributed by atoms with van der Waals surface area (Å²) in [5.74, 6) is -0.697. The summed E-state index contributed by atoms with van der Waals surface area (Å²) in [7, 11) is 0. The van der Waals surface area contributed by atoms with Crippen molar-refractivity contribution in [3.05, 3.63) is 40.6 Å². The van der Waals surface area contributed by atoms with Crippen molar-refractivity contribution >= 4 is 34.9 Å². The van der Waals surface area contributed by atoms with Crippen LogP contribution in [0.4, 0.5) is 24.7 Å². The lowest BCUT2D eigenvalue weighted by atomic mass is 10.0.